The topological polar surface area (TPSA) is 56.7 Å². The lowest BCUT2D eigenvalue weighted by molar-refractivity contribution is 0.673. The third kappa shape index (κ3) is 5.12. The van der Waals surface area contributed by atoms with Crippen molar-refractivity contribution in [2.24, 2.45) is 0 Å². The second-order valence-corrected chi connectivity index (χ2v) is 13.7. The Bertz CT molecular complexity index is 4840. The first-order chi connectivity index (χ1) is 37.8. The van der Waals surface area contributed by atoms with Gasteiger partial charge in [0, 0.05) is 58.7 Å². The number of hydrogen-bond acceptors (Lipinski definition) is 5. The molecule has 0 radical (unpaired) electrons. The summed E-state index contributed by atoms with van der Waals surface area (Å²) >= 11 is 1.43. The molecule has 0 atom stereocenters. The van der Waals surface area contributed by atoms with E-state index in [9.17, 15) is 11.0 Å². The molecule has 4 aromatic heterocycles. The van der Waals surface area contributed by atoms with E-state index >= 15 is 0 Å². The summed E-state index contributed by atoms with van der Waals surface area (Å²) in [7, 11) is 0. The largest absolute Gasteiger partial charge is 0.455 e. The highest BCUT2D eigenvalue weighted by Gasteiger charge is 2.19. The molecule has 0 aliphatic heterocycles. The average molecular weight is 770 g/mol. The summed E-state index contributed by atoms with van der Waals surface area (Å²) in [5.41, 5.74) is -4.75. The van der Waals surface area contributed by atoms with Gasteiger partial charge in [0.25, 0.3) is 0 Å². The Morgan fingerprint density at radius 1 is 0.474 bits per heavy atom. The predicted octanol–water partition coefficient (Wildman–Crippen LogP) is 13.9. The van der Waals surface area contributed by atoms with E-state index in [0.29, 0.717) is 0 Å². The van der Waals surface area contributed by atoms with Crippen LogP contribution in [0, 0.1) is 0 Å². The van der Waals surface area contributed by atoms with Crippen molar-refractivity contribution in [3.8, 4) is 51.0 Å². The number of rotatable bonds is 5. The molecule has 12 aromatic rings. The maximum absolute atomic E-state index is 9.68. The van der Waals surface area contributed by atoms with Gasteiger partial charge in [0.15, 0.2) is 17.5 Å². The Kier molecular flexibility index (Phi) is 3.69. The minimum atomic E-state index is -0.921. The summed E-state index contributed by atoms with van der Waals surface area (Å²) in [5.74, 6) is -1.44. The summed E-state index contributed by atoms with van der Waals surface area (Å²) in [5, 5.41) is 0.493. The molecule has 0 N–H and O–H groups in total. The predicted molar refractivity (Wildman–Crippen MR) is 236 cm³/mol. The summed E-state index contributed by atoms with van der Waals surface area (Å²) < 4.78 is 215. The van der Waals surface area contributed by atoms with Crippen LogP contribution in [-0.2, 0) is 0 Å². The standard InChI is InChI=1S/C51H30N4OS/c1-2-11-31(12-3-1)33-13-10-14-34(29-33)50-52-49(53-51(54-50)35-23-26-39-38-16-6-9-20-45(38)57-46(39)30-35)32-21-24-36(25-22-32)55-42-18-7-4-17-41(42)47-43(55)28-27-40-37-15-5-8-19-44(37)56-48(40)47/h1-30H/i1D,2D,3D,4D,5D,7D,8D,10D,11D,12D,13D,14D,15D,17D,18D,19D,21D,22D,24D,25D,27D,28D,29D. The third-order valence-corrected chi connectivity index (χ3v) is 10.5. The van der Waals surface area contributed by atoms with Gasteiger partial charge in [-0.3, -0.25) is 0 Å². The van der Waals surface area contributed by atoms with Crippen molar-refractivity contribution >= 4 is 75.3 Å². The van der Waals surface area contributed by atoms with Crippen molar-refractivity contribution < 1.29 is 35.9 Å². The average Bonchev–Trinajstić information content (AvgIpc) is 2.07. The highest BCUT2D eigenvalue weighted by molar-refractivity contribution is 7.25. The second-order valence-electron chi connectivity index (χ2n) is 12.6. The highest BCUT2D eigenvalue weighted by Crippen LogP contribution is 2.41. The fourth-order valence-electron chi connectivity index (χ4n) is 6.88. The molecule has 0 saturated heterocycles. The number of aromatic nitrogens is 4. The van der Waals surface area contributed by atoms with E-state index in [2.05, 4.69) is 15.0 Å². The Balaban J connectivity index is 1.18. The van der Waals surface area contributed by atoms with Gasteiger partial charge in [0.1, 0.15) is 11.2 Å². The van der Waals surface area contributed by atoms with E-state index in [1.807, 2.05) is 24.3 Å². The van der Waals surface area contributed by atoms with Crippen molar-refractivity contribution in [2.45, 2.75) is 0 Å². The Hall–Kier alpha value is -7.41. The zero-order valence-electron chi connectivity index (χ0n) is 51.6. The van der Waals surface area contributed by atoms with Crippen LogP contribution in [0.4, 0.5) is 0 Å². The zero-order valence-corrected chi connectivity index (χ0v) is 29.5. The van der Waals surface area contributed by atoms with Crippen molar-refractivity contribution in [1.29, 1.82) is 0 Å². The van der Waals surface area contributed by atoms with Crippen LogP contribution in [0.2, 0.25) is 0 Å². The Morgan fingerprint density at radius 2 is 1.18 bits per heavy atom. The molecule has 0 amide bonds. The van der Waals surface area contributed by atoms with Gasteiger partial charge in [-0.15, -0.1) is 11.3 Å². The SMILES string of the molecule is [2H]c1c([2H])c([2H])c(-c2c([2H])c([2H])c([2H])c(-c3nc(-c4ccc5c(c4)sc4ccccc45)nc(-c4c([2H])c([2H])c(-n5c6c([2H])c([2H])c([2H])c([2H])c6c6c7oc8c([2H])c([2H])c([2H])c([2H])c8c7c([2H])c([2H])c65)c([2H])c4[2H])n3)c2[2H])c([2H])c1[2H]. The lowest BCUT2D eigenvalue weighted by Crippen LogP contribution is -2.01. The number of thiophene rings is 1. The van der Waals surface area contributed by atoms with E-state index in [4.69, 9.17) is 25.0 Å². The molecule has 0 bridgehead atoms. The molecule has 266 valence electrons. The van der Waals surface area contributed by atoms with Gasteiger partial charge in [-0.1, -0.05) is 115 Å². The quantitative estimate of drug-likeness (QED) is 0.175. The highest BCUT2D eigenvalue weighted by atomic mass is 32.1. The normalized spacial score (nSPS) is 17.5. The molecule has 5 nitrogen and oxygen atoms in total. The number of nitrogens with zero attached hydrogens (tertiary/aromatic N) is 4. The maximum atomic E-state index is 9.68. The maximum Gasteiger partial charge on any atom is 0.164 e. The van der Waals surface area contributed by atoms with Gasteiger partial charge in [0.2, 0.25) is 0 Å². The second kappa shape index (κ2) is 12.6. The molecular weight excluding hydrogens is 717 g/mol. The molecule has 4 heterocycles. The molecule has 0 unspecified atom stereocenters. The lowest BCUT2D eigenvalue weighted by atomic mass is 10.0. The molecule has 6 heteroatoms. The first kappa shape index (κ1) is 16.8. The summed E-state index contributed by atoms with van der Waals surface area (Å²) in [4.78, 5) is 13.8. The fraction of sp³-hybridized carbons (Fsp3) is 0. The van der Waals surface area contributed by atoms with E-state index in [1.165, 1.54) is 11.3 Å². The number of fused-ring (bicyclic) bond motifs is 10. The molecule has 12 rings (SSSR count). The molecule has 8 aromatic carbocycles. The number of hydrogen-bond donors (Lipinski definition) is 0. The van der Waals surface area contributed by atoms with Crippen molar-refractivity contribution in [3.63, 3.8) is 0 Å². The van der Waals surface area contributed by atoms with E-state index in [-0.39, 0.29) is 32.9 Å². The Labute approximate surface area is 363 Å². The first-order valence-electron chi connectivity index (χ1n) is 28.6. The van der Waals surface area contributed by atoms with Gasteiger partial charge < -0.3 is 8.98 Å². The molecular formula is C51H30N4OS. The Morgan fingerprint density at radius 3 is 2.05 bits per heavy atom. The molecule has 0 aliphatic carbocycles. The van der Waals surface area contributed by atoms with Gasteiger partial charge in [-0.2, -0.15) is 0 Å². The minimum Gasteiger partial charge on any atom is -0.455 e. The molecule has 0 saturated carbocycles. The summed E-state index contributed by atoms with van der Waals surface area (Å²) in [6.07, 6.45) is 0. The van der Waals surface area contributed by atoms with E-state index in [0.717, 1.165) is 24.7 Å². The van der Waals surface area contributed by atoms with Gasteiger partial charge in [-0.05, 0) is 77.6 Å². The number of para-hydroxylation sites is 2. The van der Waals surface area contributed by atoms with Crippen molar-refractivity contribution in [1.82, 2.24) is 19.5 Å². The van der Waals surface area contributed by atoms with E-state index in [1.54, 1.807) is 18.2 Å². The fourth-order valence-corrected chi connectivity index (χ4v) is 8.02. The van der Waals surface area contributed by atoms with Crippen LogP contribution < -0.4 is 0 Å². The molecule has 0 spiro atoms. The lowest BCUT2D eigenvalue weighted by Gasteiger charge is -2.11. The minimum absolute atomic E-state index is 0.230. The van der Waals surface area contributed by atoms with Crippen molar-refractivity contribution in [2.75, 3.05) is 0 Å². The summed E-state index contributed by atoms with van der Waals surface area (Å²) in [6, 6.07) is -5.46. The zero-order chi connectivity index (χ0) is 57.5. The molecule has 0 aliphatic rings. The number of benzene rings is 8. The molecule has 57 heavy (non-hydrogen) atoms. The third-order valence-electron chi connectivity index (χ3n) is 9.40. The van der Waals surface area contributed by atoms with Crippen LogP contribution in [0.5, 0.6) is 0 Å². The number of furan rings is 1. The van der Waals surface area contributed by atoms with Crippen LogP contribution >= 0.6 is 11.3 Å². The van der Waals surface area contributed by atoms with Gasteiger partial charge in [0.05, 0.1) is 47.9 Å². The first-order valence-corrected chi connectivity index (χ1v) is 18.0. The van der Waals surface area contributed by atoms with Crippen LogP contribution in [0.1, 0.15) is 31.5 Å². The van der Waals surface area contributed by atoms with Gasteiger partial charge in [-0.25, -0.2) is 15.0 Å². The van der Waals surface area contributed by atoms with Crippen LogP contribution in [0.15, 0.2) is 186 Å². The van der Waals surface area contributed by atoms with Crippen LogP contribution in [-0.4, -0.2) is 19.5 Å². The van der Waals surface area contributed by atoms with E-state index < -0.39 is 201 Å². The van der Waals surface area contributed by atoms with Crippen LogP contribution in [0.3, 0.4) is 0 Å². The smallest absolute Gasteiger partial charge is 0.164 e. The molecule has 0 fully saturated rings. The van der Waals surface area contributed by atoms with Gasteiger partial charge >= 0.3 is 0 Å². The van der Waals surface area contributed by atoms with Crippen LogP contribution in [0.25, 0.3) is 115 Å². The summed E-state index contributed by atoms with van der Waals surface area (Å²) in [6.45, 7) is 0. The van der Waals surface area contributed by atoms with Crippen molar-refractivity contribution in [3.05, 3.63) is 181 Å². The monoisotopic (exact) mass is 769 g/mol.